The van der Waals surface area contributed by atoms with Gasteiger partial charge in [0.2, 0.25) is 0 Å². The monoisotopic (exact) mass is 411 g/mol. The van der Waals surface area contributed by atoms with Crippen molar-refractivity contribution in [1.82, 2.24) is 14.9 Å². The van der Waals surface area contributed by atoms with Crippen LogP contribution in [0.15, 0.2) is 53.8 Å². The molecule has 5 nitrogen and oxygen atoms in total. The van der Waals surface area contributed by atoms with Gasteiger partial charge >= 0.3 is 0 Å². The van der Waals surface area contributed by atoms with E-state index in [2.05, 4.69) is 42.4 Å². The Labute approximate surface area is 175 Å². The third-order valence-electron chi connectivity index (χ3n) is 4.83. The predicted octanol–water partition coefficient (Wildman–Crippen LogP) is 4.44. The van der Waals surface area contributed by atoms with E-state index in [-0.39, 0.29) is 5.56 Å². The van der Waals surface area contributed by atoms with Crippen molar-refractivity contribution in [3.8, 4) is 0 Å². The van der Waals surface area contributed by atoms with Gasteiger partial charge < -0.3 is 10.1 Å². The number of aromatic amines is 1. The Morgan fingerprint density at radius 1 is 1.28 bits per heavy atom. The van der Waals surface area contributed by atoms with Gasteiger partial charge in [-0.3, -0.25) is 9.69 Å². The average Bonchev–Trinajstić information content (AvgIpc) is 3.12. The summed E-state index contributed by atoms with van der Waals surface area (Å²) in [5.74, 6) is 0.998. The standard InChI is InChI=1S/C23H29N3O2S/c1-4-5-11-18(27)14-26(13-17-9-7-6-8-10-17)15-21-24-22(28)19-12-20(16(2)3)29-23(19)25-21/h4,6-10,12,16,18,27H,1,5,11,13-15H2,2-3H3,(H,24,25,28). The Bertz CT molecular complexity index is 994. The molecule has 29 heavy (non-hydrogen) atoms. The number of aromatic nitrogens is 2. The topological polar surface area (TPSA) is 69.2 Å². The molecule has 0 bridgehead atoms. The number of hydrogen-bond donors (Lipinski definition) is 2. The van der Waals surface area contributed by atoms with E-state index in [1.54, 1.807) is 11.3 Å². The third-order valence-corrected chi connectivity index (χ3v) is 6.16. The van der Waals surface area contributed by atoms with Gasteiger partial charge in [-0.25, -0.2) is 4.98 Å². The summed E-state index contributed by atoms with van der Waals surface area (Å²) in [6, 6.07) is 12.1. The molecule has 1 aromatic carbocycles. The maximum atomic E-state index is 12.6. The molecular formula is C23H29N3O2S. The molecule has 2 N–H and O–H groups in total. The van der Waals surface area contributed by atoms with Gasteiger partial charge in [-0.2, -0.15) is 0 Å². The fourth-order valence-electron chi connectivity index (χ4n) is 3.29. The molecular weight excluding hydrogens is 382 g/mol. The van der Waals surface area contributed by atoms with Gasteiger partial charge in [0, 0.05) is 18.0 Å². The van der Waals surface area contributed by atoms with E-state index in [1.807, 2.05) is 30.3 Å². The summed E-state index contributed by atoms with van der Waals surface area (Å²) in [4.78, 5) is 24.3. The van der Waals surface area contributed by atoms with Crippen LogP contribution in [-0.2, 0) is 13.1 Å². The first-order chi connectivity index (χ1) is 14.0. The van der Waals surface area contributed by atoms with Gasteiger partial charge in [-0.05, 0) is 30.4 Å². The lowest BCUT2D eigenvalue weighted by Crippen LogP contribution is -2.33. The molecule has 0 aliphatic heterocycles. The maximum absolute atomic E-state index is 12.6. The van der Waals surface area contributed by atoms with Crippen LogP contribution in [0.5, 0.6) is 0 Å². The summed E-state index contributed by atoms with van der Waals surface area (Å²) < 4.78 is 0. The molecule has 0 spiro atoms. The lowest BCUT2D eigenvalue weighted by atomic mass is 10.1. The molecule has 0 amide bonds. The Morgan fingerprint density at radius 2 is 2.03 bits per heavy atom. The van der Waals surface area contributed by atoms with Gasteiger partial charge in [0.25, 0.3) is 5.56 Å². The number of nitrogens with zero attached hydrogens (tertiary/aromatic N) is 2. The Hall–Kier alpha value is -2.28. The van der Waals surface area contributed by atoms with Gasteiger partial charge in [-0.1, -0.05) is 50.3 Å². The number of fused-ring (bicyclic) bond motifs is 1. The van der Waals surface area contributed by atoms with Crippen molar-refractivity contribution < 1.29 is 5.11 Å². The Kier molecular flexibility index (Phi) is 7.36. The highest BCUT2D eigenvalue weighted by Crippen LogP contribution is 2.27. The minimum absolute atomic E-state index is 0.0972. The highest BCUT2D eigenvalue weighted by Gasteiger charge is 2.16. The summed E-state index contributed by atoms with van der Waals surface area (Å²) >= 11 is 1.58. The van der Waals surface area contributed by atoms with E-state index < -0.39 is 6.10 Å². The van der Waals surface area contributed by atoms with E-state index in [9.17, 15) is 9.90 Å². The van der Waals surface area contributed by atoms with Gasteiger partial charge in [0.1, 0.15) is 10.7 Å². The van der Waals surface area contributed by atoms with Crippen molar-refractivity contribution in [2.24, 2.45) is 0 Å². The molecule has 0 saturated carbocycles. The maximum Gasteiger partial charge on any atom is 0.259 e. The lowest BCUT2D eigenvalue weighted by molar-refractivity contribution is 0.0970. The highest BCUT2D eigenvalue weighted by atomic mass is 32.1. The van der Waals surface area contributed by atoms with Crippen LogP contribution in [0, 0.1) is 0 Å². The molecule has 154 valence electrons. The molecule has 0 saturated heterocycles. The van der Waals surface area contributed by atoms with Crippen molar-refractivity contribution in [2.75, 3.05) is 6.54 Å². The number of benzene rings is 1. The third kappa shape index (κ3) is 5.85. The van der Waals surface area contributed by atoms with Crippen LogP contribution in [0.2, 0.25) is 0 Å². The van der Waals surface area contributed by atoms with Crippen molar-refractivity contribution in [2.45, 2.75) is 51.8 Å². The van der Waals surface area contributed by atoms with E-state index in [1.165, 1.54) is 0 Å². The van der Waals surface area contributed by atoms with Gasteiger partial charge in [0.05, 0.1) is 18.0 Å². The summed E-state index contributed by atoms with van der Waals surface area (Å²) in [7, 11) is 0. The molecule has 0 fully saturated rings. The van der Waals surface area contributed by atoms with Crippen LogP contribution in [0.3, 0.4) is 0 Å². The molecule has 3 rings (SSSR count). The molecule has 0 radical (unpaired) electrons. The number of hydrogen-bond acceptors (Lipinski definition) is 5. The minimum Gasteiger partial charge on any atom is -0.392 e. The largest absolute Gasteiger partial charge is 0.392 e. The number of H-pyrrole nitrogens is 1. The zero-order chi connectivity index (χ0) is 20.8. The Balaban J connectivity index is 1.83. The van der Waals surface area contributed by atoms with Crippen LogP contribution >= 0.6 is 11.3 Å². The summed E-state index contributed by atoms with van der Waals surface area (Å²) in [5.41, 5.74) is 1.06. The minimum atomic E-state index is -0.457. The predicted molar refractivity (Wildman–Crippen MR) is 120 cm³/mol. The number of aliphatic hydroxyl groups is 1. The van der Waals surface area contributed by atoms with Crippen LogP contribution in [0.25, 0.3) is 10.2 Å². The van der Waals surface area contributed by atoms with E-state index >= 15 is 0 Å². The lowest BCUT2D eigenvalue weighted by Gasteiger charge is -2.24. The van der Waals surface area contributed by atoms with E-state index in [0.717, 1.165) is 21.7 Å². The molecule has 3 aromatic rings. The highest BCUT2D eigenvalue weighted by molar-refractivity contribution is 7.18. The second-order valence-corrected chi connectivity index (χ2v) is 8.77. The number of thiophene rings is 1. The number of rotatable bonds is 10. The molecule has 6 heteroatoms. The first-order valence-electron chi connectivity index (χ1n) is 10.0. The first-order valence-corrected chi connectivity index (χ1v) is 10.9. The van der Waals surface area contributed by atoms with Crippen molar-refractivity contribution >= 4 is 21.6 Å². The molecule has 1 atom stereocenters. The summed E-state index contributed by atoms with van der Waals surface area (Å²) in [5, 5.41) is 11.1. The number of allylic oxidation sites excluding steroid dienone is 1. The fourth-order valence-corrected chi connectivity index (χ4v) is 4.35. The first kappa shape index (κ1) is 21.4. The zero-order valence-corrected chi connectivity index (χ0v) is 17.9. The average molecular weight is 412 g/mol. The van der Waals surface area contributed by atoms with Crippen molar-refractivity contribution in [3.63, 3.8) is 0 Å². The van der Waals surface area contributed by atoms with E-state index in [4.69, 9.17) is 4.98 Å². The second-order valence-electron chi connectivity index (χ2n) is 7.71. The molecule has 0 aliphatic carbocycles. The SMILES string of the molecule is C=CCCC(O)CN(Cc1ccccc1)Cc1nc2sc(C(C)C)cc2c(=O)[nH]1. The van der Waals surface area contributed by atoms with Gasteiger partial charge in [-0.15, -0.1) is 17.9 Å². The second kappa shape index (κ2) is 9.96. The summed E-state index contributed by atoms with van der Waals surface area (Å²) in [6.45, 7) is 9.62. The number of aliphatic hydroxyl groups excluding tert-OH is 1. The van der Waals surface area contributed by atoms with Gasteiger partial charge in [0.15, 0.2) is 0 Å². The fraction of sp³-hybridized carbons (Fsp3) is 0.391. The number of nitrogens with one attached hydrogen (secondary N) is 1. The van der Waals surface area contributed by atoms with Crippen molar-refractivity contribution in [3.05, 3.63) is 75.7 Å². The van der Waals surface area contributed by atoms with Crippen LogP contribution in [0.4, 0.5) is 0 Å². The van der Waals surface area contributed by atoms with Crippen molar-refractivity contribution in [1.29, 1.82) is 0 Å². The molecule has 2 aromatic heterocycles. The molecule has 0 aliphatic rings. The van der Waals surface area contributed by atoms with E-state index in [0.29, 0.717) is 43.2 Å². The molecule has 1 unspecified atom stereocenters. The molecule has 2 heterocycles. The zero-order valence-electron chi connectivity index (χ0n) is 17.1. The normalized spacial score (nSPS) is 12.7. The van der Waals surface area contributed by atoms with Crippen LogP contribution < -0.4 is 5.56 Å². The smallest absolute Gasteiger partial charge is 0.259 e. The summed E-state index contributed by atoms with van der Waals surface area (Å²) in [6.07, 6.45) is 2.80. The quantitative estimate of drug-likeness (QED) is 0.484. The van der Waals surface area contributed by atoms with Crippen LogP contribution in [-0.4, -0.2) is 32.6 Å². The Morgan fingerprint density at radius 3 is 2.72 bits per heavy atom. The van der Waals surface area contributed by atoms with Crippen LogP contribution in [0.1, 0.15) is 48.9 Å².